The average molecular weight is 1780 g/mol. The van der Waals surface area contributed by atoms with Gasteiger partial charge < -0.3 is 82.7 Å². The second kappa shape index (κ2) is 53.0. The molecule has 2 unspecified atom stereocenters. The van der Waals surface area contributed by atoms with Crippen molar-refractivity contribution in [1.29, 1.82) is 0 Å². The summed E-state index contributed by atoms with van der Waals surface area (Å²) < 4.78 is 50.1. The molecule has 1 rings (SSSR count). The van der Waals surface area contributed by atoms with Gasteiger partial charge in [0.25, 0.3) is 0 Å². The molecule has 17 nitrogen and oxygen atoms in total. The summed E-state index contributed by atoms with van der Waals surface area (Å²) in [6.07, 6.45) is -3.13. The zero-order valence-electron chi connectivity index (χ0n) is 31.3. The molecule has 0 aliphatic rings. The van der Waals surface area contributed by atoms with Crippen LogP contribution >= 0.6 is 0 Å². The number of methoxy groups -OCH3 is 1. The molecular weight excluding hydrogens is 1720 g/mol. The van der Waals surface area contributed by atoms with Crippen molar-refractivity contribution in [3.63, 3.8) is 0 Å². The minimum absolute atomic E-state index is 0. The number of aliphatic hydroxyl groups is 6. The SMILES string of the molecule is [CH2-]OCC(O)COCCO.[CH2-]OCC(O)CO[CH2-].[CH2-]OCC(O)CO[CH2-].[CH2-]OCC(O)CO[CH2-].[CH2-]OCC(O)COc1ccc(OC)cc1.[Rf].[Rf].[Rf].[Rf]. The second-order valence-corrected chi connectivity index (χ2v) is 9.02. The first-order valence-corrected chi connectivity index (χ1v) is 14.3. The minimum Gasteiger partial charge on any atom is -0.553 e. The van der Waals surface area contributed by atoms with Crippen molar-refractivity contribution in [3.05, 3.63) is 81.1 Å². The van der Waals surface area contributed by atoms with Gasteiger partial charge in [-0.25, -0.2) is 56.9 Å². The van der Waals surface area contributed by atoms with Crippen LogP contribution in [0.2, 0.25) is 0 Å². The molecule has 0 bridgehead atoms. The van der Waals surface area contributed by atoms with Gasteiger partial charge in [0.15, 0.2) is 0 Å². The number of benzene rings is 1. The number of rotatable bonds is 24. The van der Waals surface area contributed by atoms with Crippen LogP contribution in [-0.2, 0) is 42.6 Å². The van der Waals surface area contributed by atoms with E-state index in [2.05, 4.69) is 94.8 Å². The third-order valence-corrected chi connectivity index (χ3v) is 4.53. The second-order valence-electron chi connectivity index (χ2n) is 9.02. The maximum Gasteiger partial charge on any atom is 0.119 e. The fourth-order valence-electron chi connectivity index (χ4n) is 2.48. The largest absolute Gasteiger partial charge is 0.553 e. The zero-order valence-corrected chi connectivity index (χ0v) is 56.9. The van der Waals surface area contributed by atoms with Crippen LogP contribution in [0.1, 0.15) is 0 Å². The summed E-state index contributed by atoms with van der Waals surface area (Å²) in [5.41, 5.74) is 0. The molecule has 2 atom stereocenters. The molecule has 0 saturated heterocycles. The maximum absolute atomic E-state index is 9.30. The molecule has 0 amide bonds. The van der Waals surface area contributed by atoms with E-state index in [1.165, 1.54) is 0 Å². The van der Waals surface area contributed by atoms with Crippen molar-refractivity contribution in [2.75, 3.05) is 86.4 Å². The summed E-state index contributed by atoms with van der Waals surface area (Å²) in [7, 11) is 26.3. The molecule has 1 aromatic carbocycles. The Bertz CT molecular complexity index is 687. The summed E-state index contributed by atoms with van der Waals surface area (Å²) in [5.74, 6) is 1.45. The van der Waals surface area contributed by atoms with Gasteiger partial charge in [-0.15, -0.1) is 0 Å². The normalized spacial score (nSPS) is 10.8. The van der Waals surface area contributed by atoms with Crippen LogP contribution < -0.4 is 9.47 Å². The number of aliphatic hydroxyl groups excluding tert-OH is 6. The Morgan fingerprint density at radius 3 is 0.925 bits per heavy atom. The van der Waals surface area contributed by atoms with E-state index in [4.69, 9.17) is 39.7 Å². The van der Waals surface area contributed by atoms with Crippen molar-refractivity contribution in [3.8, 4) is 11.5 Å². The predicted octanol–water partition coefficient (Wildman–Crippen LogP) is 0.299. The summed E-state index contributed by atoms with van der Waals surface area (Å²) >= 11 is 0. The van der Waals surface area contributed by atoms with Crippen molar-refractivity contribution in [2.24, 2.45) is 0 Å². The van der Waals surface area contributed by atoms with Gasteiger partial charge in [0, 0.05) is 52.9 Å². The Kier molecular flexibility index (Phi) is 65.6. The first kappa shape index (κ1) is 65.6. The first-order valence-electron chi connectivity index (χ1n) is 14.3. The zero-order chi connectivity index (χ0) is 38.1. The monoisotopic (exact) mass is 1780 g/mol. The molecule has 0 saturated carbocycles. The van der Waals surface area contributed by atoms with Gasteiger partial charge in [0.05, 0.1) is 51.3 Å². The molecule has 6 N–H and O–H groups in total. The van der Waals surface area contributed by atoms with Gasteiger partial charge in [0.1, 0.15) is 24.2 Å². The Balaban J connectivity index is -0.0000000803. The van der Waals surface area contributed by atoms with E-state index in [0.29, 0.717) is 5.75 Å². The average Bonchev–Trinajstić information content (AvgIpc) is 3.06. The van der Waals surface area contributed by atoms with Gasteiger partial charge in [-0.05, 0) is 24.3 Å². The van der Waals surface area contributed by atoms with Crippen LogP contribution in [0.15, 0.2) is 24.3 Å². The summed E-state index contributed by atoms with van der Waals surface area (Å²) in [4.78, 5) is 0. The third-order valence-electron chi connectivity index (χ3n) is 4.53. The fourth-order valence-corrected chi connectivity index (χ4v) is 2.48. The van der Waals surface area contributed by atoms with E-state index in [1.807, 2.05) is 0 Å². The van der Waals surface area contributed by atoms with Crippen molar-refractivity contribution in [2.45, 2.75) is 30.5 Å². The Morgan fingerprint density at radius 1 is 0.434 bits per heavy atom. The molecule has 0 heterocycles. The molecule has 0 aliphatic heterocycles. The molecule has 0 aromatic heterocycles. The van der Waals surface area contributed by atoms with Crippen LogP contribution in [0.25, 0.3) is 0 Å². The molecular formula is C32H58O17Rf4-8. The van der Waals surface area contributed by atoms with Crippen LogP contribution in [0.4, 0.5) is 0 Å². The van der Waals surface area contributed by atoms with Gasteiger partial charge in [0.2, 0.25) is 0 Å². The molecule has 1 aromatic rings. The van der Waals surface area contributed by atoms with E-state index in [-0.39, 0.29) is 79.3 Å². The van der Waals surface area contributed by atoms with E-state index < -0.39 is 30.5 Å². The van der Waals surface area contributed by atoms with Crippen LogP contribution in [0, 0.1) is 56.9 Å². The van der Waals surface area contributed by atoms with Gasteiger partial charge in [-0.3, -0.25) is 0 Å². The Hall–Kier alpha value is -5.78. The fraction of sp³-hybridized carbons (Fsp3) is 0.562. The molecule has 0 aliphatic carbocycles. The quantitative estimate of drug-likeness (QED) is 0.0606. The van der Waals surface area contributed by atoms with E-state index in [9.17, 15) is 5.11 Å². The predicted molar refractivity (Wildman–Crippen MR) is 177 cm³/mol. The van der Waals surface area contributed by atoms with Crippen LogP contribution in [0.3, 0.4) is 0 Å². The van der Waals surface area contributed by atoms with E-state index in [1.54, 1.807) is 31.4 Å². The summed E-state index contributed by atoms with van der Waals surface area (Å²) in [6.45, 7) is 2.03. The number of hydrogen-bond donors (Lipinski definition) is 6. The molecule has 0 spiro atoms. The summed E-state index contributed by atoms with van der Waals surface area (Å²) in [6, 6.07) is 7.13. The number of hydrogen-bond acceptors (Lipinski definition) is 17. The van der Waals surface area contributed by atoms with Gasteiger partial charge in [-0.2, -0.15) is 0 Å². The number of ether oxygens (including phenoxy) is 11. The smallest absolute Gasteiger partial charge is 0.119 e. The van der Waals surface area contributed by atoms with Crippen molar-refractivity contribution < 1.29 is 82.7 Å². The maximum atomic E-state index is 9.30. The van der Waals surface area contributed by atoms with E-state index >= 15 is 0 Å². The third kappa shape index (κ3) is 55.9. The van der Waals surface area contributed by atoms with Crippen molar-refractivity contribution in [1.82, 2.24) is 0 Å². The topological polar surface area (TPSA) is 223 Å². The summed E-state index contributed by atoms with van der Waals surface area (Å²) in [5, 5.41) is 52.6. The Labute approximate surface area is 292 Å². The van der Waals surface area contributed by atoms with Gasteiger partial charge >= 0.3 is 0 Å². The van der Waals surface area contributed by atoms with Crippen molar-refractivity contribution >= 4 is 0 Å². The van der Waals surface area contributed by atoms with Gasteiger partial charge in [-0.1, -0.05) is 0 Å². The van der Waals surface area contributed by atoms with Crippen LogP contribution in [0.5, 0.6) is 11.5 Å². The Morgan fingerprint density at radius 2 is 0.679 bits per heavy atom. The molecule has 0 fully saturated rings. The molecule has 304 valence electrons. The van der Waals surface area contributed by atoms with E-state index in [0.717, 1.165) is 5.75 Å². The standard InChI is InChI=1S/C11H15O4.C6H13O4.3C5H10O3.4Rf/c1-13-7-9(12)8-15-11-5-3-10(14-2)4-6-11;1-9-4-6(8)5-10-3-2-7;3*1-7-3-5(6)4-8-2;;;;/h3-6,9,12H,1,7-8H2,2H3;6-8H,1-5H2;3*5-6H,1-4H2;;;;/q2*-1;3*-2;;;;. The molecule has 21 heteroatoms. The molecule has 53 heavy (non-hydrogen) atoms. The first-order chi connectivity index (χ1) is 23.5. The molecule has 0 radical (unpaired) electrons. The minimum atomic E-state index is -0.662. The van der Waals surface area contributed by atoms with Crippen LogP contribution in [-0.4, -0.2) is 148 Å².